The summed E-state index contributed by atoms with van der Waals surface area (Å²) in [6.07, 6.45) is 2.14. The van der Waals surface area contributed by atoms with Crippen molar-refractivity contribution in [3.63, 3.8) is 0 Å². The van der Waals surface area contributed by atoms with Crippen LogP contribution < -0.4 is 5.32 Å². The molecule has 1 aliphatic rings. The topological polar surface area (TPSA) is 42.0 Å². The van der Waals surface area contributed by atoms with Gasteiger partial charge in [-0.15, -0.1) is 0 Å². The standard InChI is InChI=1S/C13H11ClN2O/c14-10-3-1-2-8-4-7-11(16-12(8)10)13(17)15-9-5-6-9/h1-4,7,9H,5-6H2,(H,15,17). The summed E-state index contributed by atoms with van der Waals surface area (Å²) in [6.45, 7) is 0. The van der Waals surface area contributed by atoms with Crippen LogP contribution >= 0.6 is 11.6 Å². The van der Waals surface area contributed by atoms with Gasteiger partial charge in [-0.1, -0.05) is 29.8 Å². The van der Waals surface area contributed by atoms with Crippen LogP contribution in [0.4, 0.5) is 0 Å². The molecular formula is C13H11ClN2O. The lowest BCUT2D eigenvalue weighted by Gasteiger charge is -2.04. The van der Waals surface area contributed by atoms with E-state index in [0.717, 1.165) is 18.2 Å². The zero-order chi connectivity index (χ0) is 11.8. The van der Waals surface area contributed by atoms with E-state index in [9.17, 15) is 4.79 Å². The van der Waals surface area contributed by atoms with Gasteiger partial charge in [-0.05, 0) is 25.0 Å². The second-order valence-corrected chi connectivity index (χ2v) is 4.66. The summed E-state index contributed by atoms with van der Waals surface area (Å²) in [7, 11) is 0. The molecule has 0 saturated heterocycles. The zero-order valence-corrected chi connectivity index (χ0v) is 9.87. The van der Waals surface area contributed by atoms with Gasteiger partial charge in [0.15, 0.2) is 0 Å². The number of halogens is 1. The van der Waals surface area contributed by atoms with Gasteiger partial charge in [0.05, 0.1) is 10.5 Å². The van der Waals surface area contributed by atoms with E-state index in [4.69, 9.17) is 11.6 Å². The highest BCUT2D eigenvalue weighted by Crippen LogP contribution is 2.22. The molecule has 0 radical (unpaired) electrons. The summed E-state index contributed by atoms with van der Waals surface area (Å²) in [5.74, 6) is -0.116. The van der Waals surface area contributed by atoms with Crippen LogP contribution in [0.3, 0.4) is 0 Å². The maximum atomic E-state index is 11.8. The van der Waals surface area contributed by atoms with Gasteiger partial charge in [0.25, 0.3) is 5.91 Å². The Morgan fingerprint density at radius 1 is 1.29 bits per heavy atom. The van der Waals surface area contributed by atoms with Crippen LogP contribution in [0.25, 0.3) is 10.9 Å². The van der Waals surface area contributed by atoms with Gasteiger partial charge >= 0.3 is 0 Å². The van der Waals surface area contributed by atoms with Crippen molar-refractivity contribution in [2.45, 2.75) is 18.9 Å². The van der Waals surface area contributed by atoms with Crippen LogP contribution in [0.1, 0.15) is 23.3 Å². The SMILES string of the molecule is O=C(NC1CC1)c1ccc2cccc(Cl)c2n1. The first kappa shape index (κ1) is 10.5. The van der Waals surface area contributed by atoms with E-state index in [-0.39, 0.29) is 5.91 Å². The molecule has 1 aromatic carbocycles. The number of hydrogen-bond acceptors (Lipinski definition) is 2. The first-order valence-corrected chi connectivity index (χ1v) is 5.98. The molecule has 0 aliphatic heterocycles. The number of benzene rings is 1. The second kappa shape index (κ2) is 4.00. The maximum absolute atomic E-state index is 11.8. The Balaban J connectivity index is 1.99. The lowest BCUT2D eigenvalue weighted by Crippen LogP contribution is -2.26. The fourth-order valence-electron chi connectivity index (χ4n) is 1.72. The van der Waals surface area contributed by atoms with Crippen molar-refractivity contribution in [1.29, 1.82) is 0 Å². The van der Waals surface area contributed by atoms with Crippen molar-refractivity contribution in [1.82, 2.24) is 10.3 Å². The van der Waals surface area contributed by atoms with Crippen molar-refractivity contribution < 1.29 is 4.79 Å². The summed E-state index contributed by atoms with van der Waals surface area (Å²) < 4.78 is 0. The van der Waals surface area contributed by atoms with Crippen molar-refractivity contribution in [2.75, 3.05) is 0 Å². The summed E-state index contributed by atoms with van der Waals surface area (Å²) in [5, 5.41) is 4.43. The highest BCUT2D eigenvalue weighted by Gasteiger charge is 2.24. The van der Waals surface area contributed by atoms with Crippen molar-refractivity contribution in [3.05, 3.63) is 41.0 Å². The number of pyridine rings is 1. The molecule has 1 aliphatic carbocycles. The number of rotatable bonds is 2. The molecule has 3 nitrogen and oxygen atoms in total. The van der Waals surface area contributed by atoms with E-state index < -0.39 is 0 Å². The third kappa shape index (κ3) is 2.11. The summed E-state index contributed by atoms with van der Waals surface area (Å²) in [5.41, 5.74) is 1.11. The van der Waals surface area contributed by atoms with Crippen LogP contribution in [-0.2, 0) is 0 Å². The van der Waals surface area contributed by atoms with Gasteiger partial charge in [0, 0.05) is 11.4 Å². The molecule has 3 rings (SSSR count). The fraction of sp³-hybridized carbons (Fsp3) is 0.231. The Bertz CT molecular complexity index is 593. The van der Waals surface area contributed by atoms with Gasteiger partial charge in [-0.3, -0.25) is 4.79 Å². The lowest BCUT2D eigenvalue weighted by molar-refractivity contribution is 0.0946. The number of amides is 1. The van der Waals surface area contributed by atoms with E-state index in [1.54, 1.807) is 12.1 Å². The van der Waals surface area contributed by atoms with E-state index >= 15 is 0 Å². The molecule has 2 aromatic rings. The van der Waals surface area contributed by atoms with E-state index in [1.165, 1.54) is 0 Å². The number of nitrogens with zero attached hydrogens (tertiary/aromatic N) is 1. The Morgan fingerprint density at radius 2 is 2.12 bits per heavy atom. The highest BCUT2D eigenvalue weighted by molar-refractivity contribution is 6.35. The fourth-order valence-corrected chi connectivity index (χ4v) is 1.95. The van der Waals surface area contributed by atoms with Gasteiger partial charge in [0.2, 0.25) is 0 Å². The normalized spacial score (nSPS) is 14.9. The van der Waals surface area contributed by atoms with Crippen molar-refractivity contribution in [3.8, 4) is 0 Å². The van der Waals surface area contributed by atoms with Crippen LogP contribution in [-0.4, -0.2) is 16.9 Å². The Labute approximate surface area is 104 Å². The minimum Gasteiger partial charge on any atom is -0.348 e. The van der Waals surface area contributed by atoms with Crippen molar-refractivity contribution >= 4 is 28.4 Å². The lowest BCUT2D eigenvalue weighted by atomic mass is 10.2. The molecule has 1 amide bonds. The molecule has 0 unspecified atom stereocenters. The number of hydrogen-bond donors (Lipinski definition) is 1. The molecule has 86 valence electrons. The smallest absolute Gasteiger partial charge is 0.270 e. The minimum absolute atomic E-state index is 0.116. The van der Waals surface area contributed by atoms with E-state index in [0.29, 0.717) is 22.3 Å². The number of fused-ring (bicyclic) bond motifs is 1. The summed E-state index contributed by atoms with van der Waals surface area (Å²) >= 11 is 6.06. The highest BCUT2D eigenvalue weighted by atomic mass is 35.5. The Hall–Kier alpha value is -1.61. The average molecular weight is 247 g/mol. The predicted molar refractivity (Wildman–Crippen MR) is 67.2 cm³/mol. The van der Waals surface area contributed by atoms with Crippen LogP contribution in [0.5, 0.6) is 0 Å². The molecule has 4 heteroatoms. The molecule has 1 fully saturated rings. The quantitative estimate of drug-likeness (QED) is 0.885. The van der Waals surface area contributed by atoms with Gasteiger partial charge in [0.1, 0.15) is 5.69 Å². The molecule has 1 heterocycles. The Morgan fingerprint density at radius 3 is 2.88 bits per heavy atom. The number of para-hydroxylation sites is 1. The maximum Gasteiger partial charge on any atom is 0.270 e. The predicted octanol–water partition coefficient (Wildman–Crippen LogP) is 2.78. The van der Waals surface area contributed by atoms with E-state index in [2.05, 4.69) is 10.3 Å². The summed E-state index contributed by atoms with van der Waals surface area (Å²) in [6, 6.07) is 9.52. The second-order valence-electron chi connectivity index (χ2n) is 4.26. The molecule has 0 atom stereocenters. The van der Waals surface area contributed by atoms with Crippen LogP contribution in [0, 0.1) is 0 Å². The number of carbonyl (C=O) groups is 1. The van der Waals surface area contributed by atoms with Crippen LogP contribution in [0.2, 0.25) is 5.02 Å². The molecule has 1 aromatic heterocycles. The third-order valence-corrected chi connectivity index (χ3v) is 3.12. The molecule has 1 saturated carbocycles. The monoisotopic (exact) mass is 246 g/mol. The molecule has 0 spiro atoms. The molecule has 17 heavy (non-hydrogen) atoms. The number of nitrogens with one attached hydrogen (secondary N) is 1. The van der Waals surface area contributed by atoms with Crippen molar-refractivity contribution in [2.24, 2.45) is 0 Å². The number of aromatic nitrogens is 1. The summed E-state index contributed by atoms with van der Waals surface area (Å²) in [4.78, 5) is 16.1. The average Bonchev–Trinajstić information content (AvgIpc) is 3.13. The van der Waals surface area contributed by atoms with Crippen LogP contribution in [0.15, 0.2) is 30.3 Å². The molecule has 0 bridgehead atoms. The molecular weight excluding hydrogens is 236 g/mol. The largest absolute Gasteiger partial charge is 0.348 e. The minimum atomic E-state index is -0.116. The first-order valence-electron chi connectivity index (χ1n) is 5.60. The molecule has 1 N–H and O–H groups in total. The van der Waals surface area contributed by atoms with Gasteiger partial charge < -0.3 is 5.32 Å². The third-order valence-electron chi connectivity index (χ3n) is 2.82. The Kier molecular flexibility index (Phi) is 2.48. The van der Waals surface area contributed by atoms with Gasteiger partial charge in [-0.2, -0.15) is 0 Å². The van der Waals surface area contributed by atoms with E-state index in [1.807, 2.05) is 18.2 Å². The van der Waals surface area contributed by atoms with Gasteiger partial charge in [-0.25, -0.2) is 4.98 Å². The zero-order valence-electron chi connectivity index (χ0n) is 9.11. The number of carbonyl (C=O) groups excluding carboxylic acids is 1. The first-order chi connectivity index (χ1) is 8.24.